The number of benzene rings is 2. The van der Waals surface area contributed by atoms with Crippen molar-refractivity contribution in [1.82, 2.24) is 4.73 Å². The maximum atomic E-state index is 12.4. The third-order valence-corrected chi connectivity index (χ3v) is 4.15. The molecule has 24 heavy (non-hydrogen) atoms. The first-order valence-electron chi connectivity index (χ1n) is 7.30. The van der Waals surface area contributed by atoms with Crippen LogP contribution in [0.4, 0.5) is 0 Å². The number of hydrogen-bond donors (Lipinski definition) is 3. The molecule has 6 nitrogen and oxygen atoms in total. The number of carbonyl (C=O) groups excluding carboxylic acids is 1. The number of rotatable bonds is 2. The molecule has 0 aliphatic heterocycles. The molecule has 1 heterocycles. The largest absolute Gasteiger partial charge is 0.492 e. The van der Waals surface area contributed by atoms with Crippen molar-refractivity contribution in [2.24, 2.45) is 0 Å². The second kappa shape index (κ2) is 5.06. The molecular weight excluding hydrogens is 310 g/mol. The summed E-state index contributed by atoms with van der Waals surface area (Å²) >= 11 is 0. The van der Waals surface area contributed by atoms with Crippen molar-refractivity contribution in [2.75, 3.05) is 0 Å². The van der Waals surface area contributed by atoms with Gasteiger partial charge >= 0.3 is 5.97 Å². The summed E-state index contributed by atoms with van der Waals surface area (Å²) in [5.41, 5.74) is 3.35. The fourth-order valence-electron chi connectivity index (χ4n) is 3.03. The zero-order valence-electron chi connectivity index (χ0n) is 12.4. The molecule has 120 valence electrons. The average Bonchev–Trinajstić information content (AvgIpc) is 3.05. The summed E-state index contributed by atoms with van der Waals surface area (Å²) in [6.07, 6.45) is -0.617. The molecule has 0 spiro atoms. The van der Waals surface area contributed by atoms with E-state index in [0.29, 0.717) is 0 Å². The Morgan fingerprint density at radius 3 is 2.00 bits per heavy atom. The van der Waals surface area contributed by atoms with E-state index in [-0.39, 0.29) is 10.3 Å². The average molecular weight is 323 g/mol. The zero-order valence-corrected chi connectivity index (χ0v) is 12.4. The van der Waals surface area contributed by atoms with Crippen molar-refractivity contribution in [3.05, 3.63) is 71.3 Å². The standard InChI is InChI=1S/C18H13NO5/c20-15-9-14(17(21)19(15)23)18(22)24-16-12-7-3-1-5-10(12)11-6-2-4-8-13(11)16/h1-9,16,20-21,23H. The highest BCUT2D eigenvalue weighted by atomic mass is 16.5. The Hall–Kier alpha value is -3.41. The van der Waals surface area contributed by atoms with Crippen LogP contribution in [0.15, 0.2) is 54.6 Å². The van der Waals surface area contributed by atoms with E-state index in [4.69, 9.17) is 4.74 Å². The summed E-state index contributed by atoms with van der Waals surface area (Å²) in [7, 11) is 0. The summed E-state index contributed by atoms with van der Waals surface area (Å²) in [5.74, 6) is -2.25. The number of hydrogen-bond acceptors (Lipinski definition) is 5. The lowest BCUT2D eigenvalue weighted by Crippen LogP contribution is -2.10. The first-order valence-corrected chi connectivity index (χ1v) is 7.30. The summed E-state index contributed by atoms with van der Waals surface area (Å²) in [6.45, 7) is 0. The number of aromatic hydroxyl groups is 2. The fourth-order valence-corrected chi connectivity index (χ4v) is 3.03. The molecule has 0 bridgehead atoms. The van der Waals surface area contributed by atoms with Crippen LogP contribution in [0.2, 0.25) is 0 Å². The molecule has 6 heteroatoms. The Labute approximate surface area is 136 Å². The minimum absolute atomic E-state index is 0.118. The Kier molecular flexibility index (Phi) is 2.99. The maximum Gasteiger partial charge on any atom is 0.344 e. The van der Waals surface area contributed by atoms with Gasteiger partial charge < -0.3 is 20.2 Å². The van der Waals surface area contributed by atoms with Crippen molar-refractivity contribution in [3.63, 3.8) is 0 Å². The van der Waals surface area contributed by atoms with Gasteiger partial charge in [0, 0.05) is 17.2 Å². The Morgan fingerprint density at radius 2 is 1.50 bits per heavy atom. The van der Waals surface area contributed by atoms with E-state index in [9.17, 15) is 20.2 Å². The predicted octanol–water partition coefficient (Wildman–Crippen LogP) is 3.06. The van der Waals surface area contributed by atoms with Gasteiger partial charge in [0.25, 0.3) is 0 Å². The van der Waals surface area contributed by atoms with Crippen LogP contribution in [-0.2, 0) is 4.74 Å². The molecule has 0 saturated heterocycles. The van der Waals surface area contributed by atoms with Crippen LogP contribution in [0.25, 0.3) is 11.1 Å². The number of aromatic nitrogens is 1. The van der Waals surface area contributed by atoms with Crippen molar-refractivity contribution >= 4 is 5.97 Å². The Balaban J connectivity index is 1.74. The highest BCUT2D eigenvalue weighted by Gasteiger charge is 2.32. The molecule has 1 aliphatic rings. The molecule has 2 aromatic carbocycles. The van der Waals surface area contributed by atoms with Crippen molar-refractivity contribution in [1.29, 1.82) is 0 Å². The quantitative estimate of drug-likeness (QED) is 0.498. The van der Waals surface area contributed by atoms with Crippen molar-refractivity contribution < 1.29 is 25.0 Å². The number of nitrogens with zero attached hydrogens (tertiary/aromatic N) is 1. The summed E-state index contributed by atoms with van der Waals surface area (Å²) in [6, 6.07) is 16.2. The molecule has 0 fully saturated rings. The zero-order chi connectivity index (χ0) is 16.8. The monoisotopic (exact) mass is 323 g/mol. The minimum Gasteiger partial charge on any atom is -0.492 e. The van der Waals surface area contributed by atoms with Crippen LogP contribution < -0.4 is 0 Å². The lowest BCUT2D eigenvalue weighted by Gasteiger charge is -2.14. The fraction of sp³-hybridized carbons (Fsp3) is 0.0556. The SMILES string of the molecule is O=C(OC1c2ccccc2-c2ccccc21)c1cc(O)n(O)c1O. The molecule has 1 aliphatic carbocycles. The van der Waals surface area contributed by atoms with E-state index >= 15 is 0 Å². The molecule has 0 atom stereocenters. The third-order valence-electron chi connectivity index (χ3n) is 4.15. The molecular formula is C18H13NO5. The molecule has 3 aromatic rings. The van der Waals surface area contributed by atoms with E-state index in [2.05, 4.69) is 0 Å². The number of carbonyl (C=O) groups is 1. The molecule has 0 radical (unpaired) electrons. The molecule has 0 amide bonds. The number of esters is 1. The lowest BCUT2D eigenvalue weighted by atomic mass is 10.1. The predicted molar refractivity (Wildman–Crippen MR) is 84.1 cm³/mol. The van der Waals surface area contributed by atoms with Gasteiger partial charge in [-0.1, -0.05) is 48.5 Å². The topological polar surface area (TPSA) is 91.9 Å². The second-order valence-electron chi connectivity index (χ2n) is 5.51. The normalized spacial score (nSPS) is 12.7. The van der Waals surface area contributed by atoms with Gasteiger partial charge in [0.15, 0.2) is 6.10 Å². The first-order chi connectivity index (χ1) is 11.6. The molecule has 3 N–H and O–H groups in total. The van der Waals surface area contributed by atoms with Gasteiger partial charge in [0.1, 0.15) is 5.56 Å². The van der Waals surface area contributed by atoms with Gasteiger partial charge in [0.2, 0.25) is 11.8 Å². The van der Waals surface area contributed by atoms with Gasteiger partial charge in [-0.25, -0.2) is 4.79 Å². The molecule has 0 unspecified atom stereocenters. The van der Waals surface area contributed by atoms with Gasteiger partial charge in [-0.2, -0.15) is 0 Å². The van der Waals surface area contributed by atoms with Gasteiger partial charge in [-0.05, 0) is 11.1 Å². The molecule has 4 rings (SSSR count). The summed E-state index contributed by atoms with van der Waals surface area (Å²) in [4.78, 5) is 12.4. The van der Waals surface area contributed by atoms with E-state index < -0.39 is 23.8 Å². The smallest absolute Gasteiger partial charge is 0.344 e. The van der Waals surface area contributed by atoms with Crippen LogP contribution >= 0.6 is 0 Å². The summed E-state index contributed by atoms with van der Waals surface area (Å²) in [5, 5.41) is 28.5. The first kappa shape index (κ1) is 14.2. The van der Waals surface area contributed by atoms with Crippen LogP contribution in [-0.4, -0.2) is 26.1 Å². The van der Waals surface area contributed by atoms with Crippen LogP contribution in [0.5, 0.6) is 11.8 Å². The van der Waals surface area contributed by atoms with E-state index in [1.165, 1.54) is 0 Å². The summed E-state index contributed by atoms with van der Waals surface area (Å²) < 4.78 is 5.68. The van der Waals surface area contributed by atoms with Crippen LogP contribution in [0, 0.1) is 0 Å². The van der Waals surface area contributed by atoms with Gasteiger partial charge in [-0.15, -0.1) is 4.73 Å². The second-order valence-corrected chi connectivity index (χ2v) is 5.51. The lowest BCUT2D eigenvalue weighted by molar-refractivity contribution is 0.0377. The molecule has 1 aromatic heterocycles. The third kappa shape index (κ3) is 1.93. The minimum atomic E-state index is -0.841. The molecule has 0 saturated carbocycles. The van der Waals surface area contributed by atoms with Crippen molar-refractivity contribution in [3.8, 4) is 22.9 Å². The highest BCUT2D eigenvalue weighted by molar-refractivity contribution is 5.93. The van der Waals surface area contributed by atoms with Crippen LogP contribution in [0.3, 0.4) is 0 Å². The van der Waals surface area contributed by atoms with E-state index in [1.54, 1.807) is 0 Å². The van der Waals surface area contributed by atoms with Crippen LogP contribution in [0.1, 0.15) is 27.6 Å². The number of ether oxygens (including phenoxy) is 1. The van der Waals surface area contributed by atoms with Gasteiger partial charge in [-0.3, -0.25) is 0 Å². The van der Waals surface area contributed by atoms with Gasteiger partial charge in [0.05, 0.1) is 0 Å². The van der Waals surface area contributed by atoms with E-state index in [0.717, 1.165) is 28.3 Å². The van der Waals surface area contributed by atoms with Crippen molar-refractivity contribution in [2.45, 2.75) is 6.10 Å². The maximum absolute atomic E-state index is 12.4. The Morgan fingerprint density at radius 1 is 0.958 bits per heavy atom. The van der Waals surface area contributed by atoms with E-state index in [1.807, 2.05) is 48.5 Å². The highest BCUT2D eigenvalue weighted by Crippen LogP contribution is 2.45. The number of fused-ring (bicyclic) bond motifs is 3. The Bertz CT molecular complexity index is 914.